The quantitative estimate of drug-likeness (QED) is 0.894. The van der Waals surface area contributed by atoms with Gasteiger partial charge in [0.25, 0.3) is 10.0 Å². The van der Waals surface area contributed by atoms with Crippen molar-refractivity contribution in [3.05, 3.63) is 29.8 Å². The molecular weight excluding hydrogens is 322 g/mol. The molecule has 0 spiro atoms. The molecule has 130 valence electrons. The van der Waals surface area contributed by atoms with E-state index in [2.05, 4.69) is 9.62 Å². The summed E-state index contributed by atoms with van der Waals surface area (Å²) in [5, 5.41) is 0. The van der Waals surface area contributed by atoms with Crippen LogP contribution in [0.2, 0.25) is 0 Å². The molecule has 2 heterocycles. The molecule has 1 unspecified atom stereocenters. The summed E-state index contributed by atoms with van der Waals surface area (Å²) < 4.78 is 27.1. The normalized spacial score (nSPS) is 29.3. The van der Waals surface area contributed by atoms with E-state index in [1.807, 2.05) is 12.1 Å². The van der Waals surface area contributed by atoms with Crippen molar-refractivity contribution in [2.24, 2.45) is 4.99 Å². The van der Waals surface area contributed by atoms with Gasteiger partial charge < -0.3 is 0 Å². The molecule has 1 aromatic carbocycles. The molecule has 1 aliphatic carbocycles. The molecule has 4 rings (SSSR count). The van der Waals surface area contributed by atoms with Gasteiger partial charge in [-0.2, -0.15) is 0 Å². The molecule has 5 nitrogen and oxygen atoms in total. The van der Waals surface area contributed by atoms with Crippen LogP contribution in [0.25, 0.3) is 0 Å². The minimum absolute atomic E-state index is 0.185. The number of rotatable bonds is 2. The summed E-state index contributed by atoms with van der Waals surface area (Å²) in [6.07, 6.45) is 8.84. The fourth-order valence-corrected chi connectivity index (χ4v) is 5.52. The van der Waals surface area contributed by atoms with Crippen LogP contribution in [0.3, 0.4) is 0 Å². The second-order valence-electron chi connectivity index (χ2n) is 7.16. The molecule has 2 aliphatic heterocycles. The highest BCUT2D eigenvalue weighted by Crippen LogP contribution is 2.27. The van der Waals surface area contributed by atoms with Crippen LogP contribution in [0.4, 0.5) is 0 Å². The van der Waals surface area contributed by atoms with Gasteiger partial charge in [-0.25, -0.2) is 8.42 Å². The third-order valence-corrected chi connectivity index (χ3v) is 6.89. The second kappa shape index (κ2) is 6.48. The van der Waals surface area contributed by atoms with Gasteiger partial charge in [0.05, 0.1) is 10.9 Å². The van der Waals surface area contributed by atoms with E-state index in [9.17, 15) is 8.42 Å². The van der Waals surface area contributed by atoms with E-state index in [0.29, 0.717) is 22.3 Å². The molecule has 0 radical (unpaired) electrons. The predicted octanol–water partition coefficient (Wildman–Crippen LogP) is 2.52. The number of fused-ring (bicyclic) bond motifs is 1. The maximum atomic E-state index is 12.2. The molecule has 0 aromatic heterocycles. The minimum atomic E-state index is -3.43. The SMILES string of the molecule is O=S1(=O)NC(=NC2CCCN(C3CCCCC3)C2)c2ccccc21. The molecule has 1 atom stereocenters. The van der Waals surface area contributed by atoms with Crippen molar-refractivity contribution in [1.29, 1.82) is 0 Å². The highest BCUT2D eigenvalue weighted by Gasteiger charge is 2.32. The zero-order valence-corrected chi connectivity index (χ0v) is 14.8. The van der Waals surface area contributed by atoms with Crippen molar-refractivity contribution in [3.63, 3.8) is 0 Å². The molecule has 1 aromatic rings. The first-order valence-electron chi connectivity index (χ1n) is 9.07. The van der Waals surface area contributed by atoms with Gasteiger partial charge in [0.2, 0.25) is 0 Å². The van der Waals surface area contributed by atoms with Gasteiger partial charge >= 0.3 is 0 Å². The van der Waals surface area contributed by atoms with E-state index in [1.54, 1.807) is 12.1 Å². The summed E-state index contributed by atoms with van der Waals surface area (Å²) in [5.74, 6) is 0.529. The van der Waals surface area contributed by atoms with Crippen LogP contribution < -0.4 is 4.72 Å². The number of nitrogens with zero attached hydrogens (tertiary/aromatic N) is 2. The molecule has 2 fully saturated rings. The van der Waals surface area contributed by atoms with Gasteiger partial charge in [0, 0.05) is 18.2 Å². The Hall–Kier alpha value is -1.40. The predicted molar refractivity (Wildman–Crippen MR) is 94.8 cm³/mol. The summed E-state index contributed by atoms with van der Waals surface area (Å²) in [6.45, 7) is 2.12. The highest BCUT2D eigenvalue weighted by molar-refractivity contribution is 7.90. The second-order valence-corrected chi connectivity index (χ2v) is 8.81. The first kappa shape index (κ1) is 16.1. The fourth-order valence-electron chi connectivity index (χ4n) is 4.28. The zero-order chi connectivity index (χ0) is 16.6. The lowest BCUT2D eigenvalue weighted by atomic mass is 9.92. The number of sulfonamides is 1. The third-order valence-electron chi connectivity index (χ3n) is 5.49. The Morgan fingerprint density at radius 3 is 2.67 bits per heavy atom. The number of aliphatic imine (C=N–C) groups is 1. The van der Waals surface area contributed by atoms with Crippen molar-refractivity contribution in [2.45, 2.75) is 61.9 Å². The maximum Gasteiger partial charge on any atom is 0.263 e. The van der Waals surface area contributed by atoms with Gasteiger partial charge in [0.15, 0.2) is 0 Å². The van der Waals surface area contributed by atoms with Crippen LogP contribution >= 0.6 is 0 Å². The van der Waals surface area contributed by atoms with Gasteiger partial charge in [-0.1, -0.05) is 31.4 Å². The first-order chi connectivity index (χ1) is 11.6. The summed E-state index contributed by atoms with van der Waals surface area (Å²) in [7, 11) is -3.43. The van der Waals surface area contributed by atoms with E-state index in [4.69, 9.17) is 4.99 Å². The van der Waals surface area contributed by atoms with Crippen LogP contribution in [0.15, 0.2) is 34.2 Å². The minimum Gasteiger partial charge on any atom is -0.298 e. The first-order valence-corrected chi connectivity index (χ1v) is 10.6. The Morgan fingerprint density at radius 1 is 1.04 bits per heavy atom. The van der Waals surface area contributed by atoms with Gasteiger partial charge in [-0.3, -0.25) is 14.6 Å². The zero-order valence-electron chi connectivity index (χ0n) is 13.9. The summed E-state index contributed by atoms with van der Waals surface area (Å²) >= 11 is 0. The number of nitrogens with one attached hydrogen (secondary N) is 1. The average molecular weight is 347 g/mol. The number of likely N-dealkylation sites (tertiary alicyclic amines) is 1. The van der Waals surface area contributed by atoms with E-state index >= 15 is 0 Å². The molecule has 3 aliphatic rings. The molecule has 0 amide bonds. The summed E-state index contributed by atoms with van der Waals surface area (Å²) in [4.78, 5) is 7.74. The number of amidine groups is 1. The standard InChI is InChI=1S/C18H25N3O2S/c22-24(23)17-11-5-4-10-16(17)18(20-24)19-14-7-6-12-21(13-14)15-8-2-1-3-9-15/h4-5,10-11,14-15H,1-3,6-9,12-13H2,(H,19,20). The fraction of sp³-hybridized carbons (Fsp3) is 0.611. The van der Waals surface area contributed by atoms with Crippen molar-refractivity contribution < 1.29 is 8.42 Å². The van der Waals surface area contributed by atoms with Crippen LogP contribution in [0.1, 0.15) is 50.5 Å². The van der Waals surface area contributed by atoms with E-state index in [1.165, 1.54) is 32.1 Å². The molecule has 1 N–H and O–H groups in total. The van der Waals surface area contributed by atoms with Gasteiger partial charge in [-0.05, 0) is 44.4 Å². The monoisotopic (exact) mass is 347 g/mol. The summed E-state index contributed by atoms with van der Waals surface area (Å²) in [5.41, 5.74) is 0.715. The number of benzene rings is 1. The van der Waals surface area contributed by atoms with Crippen LogP contribution in [0, 0.1) is 0 Å². The Labute approximate surface area is 144 Å². The Morgan fingerprint density at radius 2 is 1.83 bits per heavy atom. The van der Waals surface area contributed by atoms with Crippen molar-refractivity contribution in [3.8, 4) is 0 Å². The van der Waals surface area contributed by atoms with Crippen LogP contribution in [0.5, 0.6) is 0 Å². The molecule has 6 heteroatoms. The van der Waals surface area contributed by atoms with E-state index in [-0.39, 0.29) is 6.04 Å². The van der Waals surface area contributed by atoms with Gasteiger partial charge in [0.1, 0.15) is 5.84 Å². The molecular formula is C18H25N3O2S. The largest absolute Gasteiger partial charge is 0.298 e. The molecule has 1 saturated heterocycles. The van der Waals surface area contributed by atoms with Crippen molar-refractivity contribution in [2.75, 3.05) is 13.1 Å². The summed E-state index contributed by atoms with van der Waals surface area (Å²) in [6, 6.07) is 8.00. The lowest BCUT2D eigenvalue weighted by molar-refractivity contribution is 0.120. The maximum absolute atomic E-state index is 12.2. The average Bonchev–Trinajstić information content (AvgIpc) is 2.87. The topological polar surface area (TPSA) is 61.8 Å². The third kappa shape index (κ3) is 3.09. The van der Waals surface area contributed by atoms with E-state index in [0.717, 1.165) is 25.9 Å². The molecule has 0 bridgehead atoms. The van der Waals surface area contributed by atoms with Crippen molar-refractivity contribution in [1.82, 2.24) is 9.62 Å². The van der Waals surface area contributed by atoms with Crippen LogP contribution in [-0.2, 0) is 10.0 Å². The van der Waals surface area contributed by atoms with Crippen molar-refractivity contribution >= 4 is 15.9 Å². The lowest BCUT2D eigenvalue weighted by Gasteiger charge is -2.39. The molecule has 1 saturated carbocycles. The van der Waals surface area contributed by atoms with E-state index < -0.39 is 10.0 Å². The number of hydrogen-bond donors (Lipinski definition) is 1. The van der Waals surface area contributed by atoms with Crippen LogP contribution in [-0.4, -0.2) is 44.3 Å². The number of piperidine rings is 1. The Bertz CT molecular complexity index is 738. The highest BCUT2D eigenvalue weighted by atomic mass is 32.2. The number of hydrogen-bond acceptors (Lipinski definition) is 4. The molecule has 24 heavy (non-hydrogen) atoms. The lowest BCUT2D eigenvalue weighted by Crippen LogP contribution is -2.45. The van der Waals surface area contributed by atoms with Gasteiger partial charge in [-0.15, -0.1) is 0 Å². The smallest absolute Gasteiger partial charge is 0.263 e. The Balaban J connectivity index is 1.53. The Kier molecular flexibility index (Phi) is 4.35.